The fraction of sp³-hybridized carbons (Fsp3) is 0.875. The first-order chi connectivity index (χ1) is 10.2. The number of thioether (sulfide) groups is 1. The quantitative estimate of drug-likeness (QED) is 0.852. The standard InChI is InChI=1S/C16H28N3O2S/c1-15(2,3)11-13(20)19-8-6-16(7-9-19)17-12(5-10-22-4)14(21)18-16/h12,17H,5-11H2,1-4H3. The van der Waals surface area contributed by atoms with E-state index in [1.54, 1.807) is 11.8 Å². The van der Waals surface area contributed by atoms with Crippen molar-refractivity contribution >= 4 is 23.6 Å². The Morgan fingerprint density at radius 1 is 1.41 bits per heavy atom. The van der Waals surface area contributed by atoms with E-state index >= 15 is 0 Å². The van der Waals surface area contributed by atoms with Crippen LogP contribution in [0.5, 0.6) is 0 Å². The molecule has 2 aliphatic rings. The Kier molecular flexibility index (Phi) is 5.43. The molecule has 2 aliphatic heterocycles. The molecule has 2 amide bonds. The van der Waals surface area contributed by atoms with Gasteiger partial charge >= 0.3 is 0 Å². The van der Waals surface area contributed by atoms with Crippen molar-refractivity contribution in [2.24, 2.45) is 5.41 Å². The molecule has 2 heterocycles. The van der Waals surface area contributed by atoms with Crippen LogP contribution in [0, 0.1) is 5.41 Å². The van der Waals surface area contributed by atoms with Gasteiger partial charge in [-0.3, -0.25) is 14.9 Å². The van der Waals surface area contributed by atoms with Gasteiger partial charge < -0.3 is 4.90 Å². The van der Waals surface area contributed by atoms with E-state index < -0.39 is 5.66 Å². The zero-order valence-corrected chi connectivity index (χ0v) is 15.0. The highest BCUT2D eigenvalue weighted by molar-refractivity contribution is 7.98. The number of carbonyl (C=O) groups excluding carboxylic acids is 2. The van der Waals surface area contributed by atoms with E-state index in [9.17, 15) is 9.59 Å². The summed E-state index contributed by atoms with van der Waals surface area (Å²) in [6.07, 6.45) is 4.93. The minimum atomic E-state index is -0.418. The van der Waals surface area contributed by atoms with Gasteiger partial charge in [0.2, 0.25) is 5.91 Å². The van der Waals surface area contributed by atoms with Crippen LogP contribution in [0.1, 0.15) is 46.5 Å². The van der Waals surface area contributed by atoms with Crippen molar-refractivity contribution in [1.82, 2.24) is 15.5 Å². The molecule has 1 spiro atoms. The van der Waals surface area contributed by atoms with Gasteiger partial charge in [-0.2, -0.15) is 11.8 Å². The first-order valence-electron chi connectivity index (χ1n) is 8.06. The highest BCUT2D eigenvalue weighted by Crippen LogP contribution is 2.28. The molecule has 1 N–H and O–H groups in total. The monoisotopic (exact) mass is 326 g/mol. The SMILES string of the molecule is CSCCC1NC2(CCN(C(=O)CC(C)(C)C)CC2)[N]C1=O. The predicted molar refractivity (Wildman–Crippen MR) is 89.7 cm³/mol. The Morgan fingerprint density at radius 3 is 2.59 bits per heavy atom. The third-order valence-electron chi connectivity index (χ3n) is 4.30. The largest absolute Gasteiger partial charge is 0.342 e. The number of nitrogens with zero attached hydrogens (tertiary/aromatic N) is 2. The summed E-state index contributed by atoms with van der Waals surface area (Å²) < 4.78 is 0. The van der Waals surface area contributed by atoms with Gasteiger partial charge in [0.1, 0.15) is 5.66 Å². The Labute approximate surface area is 138 Å². The second-order valence-corrected chi connectivity index (χ2v) is 8.56. The number of piperidine rings is 1. The van der Waals surface area contributed by atoms with Crippen LogP contribution in [-0.2, 0) is 9.59 Å². The maximum Gasteiger partial charge on any atom is 0.260 e. The molecule has 0 aromatic carbocycles. The van der Waals surface area contributed by atoms with Crippen molar-refractivity contribution in [3.8, 4) is 0 Å². The van der Waals surface area contributed by atoms with Gasteiger partial charge in [0.15, 0.2) is 0 Å². The van der Waals surface area contributed by atoms with E-state index in [0.29, 0.717) is 19.5 Å². The fourth-order valence-electron chi connectivity index (χ4n) is 3.09. The Bertz CT molecular complexity index is 426. The lowest BCUT2D eigenvalue weighted by Crippen LogP contribution is -2.56. The predicted octanol–water partition coefficient (Wildman–Crippen LogP) is 1.60. The molecule has 2 saturated heterocycles. The molecule has 125 valence electrons. The lowest BCUT2D eigenvalue weighted by atomic mass is 9.90. The zero-order valence-electron chi connectivity index (χ0n) is 14.1. The molecule has 0 aliphatic carbocycles. The molecule has 5 nitrogen and oxygen atoms in total. The van der Waals surface area contributed by atoms with Gasteiger partial charge in [0.05, 0.1) is 6.04 Å². The topological polar surface area (TPSA) is 63.5 Å². The van der Waals surface area contributed by atoms with Gasteiger partial charge in [0.25, 0.3) is 5.91 Å². The lowest BCUT2D eigenvalue weighted by molar-refractivity contribution is -0.134. The third-order valence-corrected chi connectivity index (χ3v) is 4.94. The zero-order chi connectivity index (χ0) is 16.4. The molecule has 6 heteroatoms. The van der Waals surface area contributed by atoms with Crippen LogP contribution < -0.4 is 10.6 Å². The van der Waals surface area contributed by atoms with Crippen LogP contribution in [0.25, 0.3) is 0 Å². The number of hydrogen-bond acceptors (Lipinski definition) is 4. The number of nitrogens with one attached hydrogen (secondary N) is 1. The highest BCUT2D eigenvalue weighted by Gasteiger charge is 2.47. The number of hydrogen-bond donors (Lipinski definition) is 1. The average Bonchev–Trinajstić information content (AvgIpc) is 2.71. The van der Waals surface area contributed by atoms with E-state index in [-0.39, 0.29) is 23.3 Å². The summed E-state index contributed by atoms with van der Waals surface area (Å²) >= 11 is 1.75. The Hall–Kier alpha value is -0.750. The minimum absolute atomic E-state index is 0.0106. The van der Waals surface area contributed by atoms with Gasteiger partial charge in [-0.05, 0) is 23.8 Å². The summed E-state index contributed by atoms with van der Waals surface area (Å²) in [5.41, 5.74) is -0.403. The molecule has 0 bridgehead atoms. The van der Waals surface area contributed by atoms with Crippen molar-refractivity contribution in [3.63, 3.8) is 0 Å². The minimum Gasteiger partial charge on any atom is -0.342 e. The second kappa shape index (κ2) is 6.79. The van der Waals surface area contributed by atoms with Crippen molar-refractivity contribution in [2.75, 3.05) is 25.1 Å². The highest BCUT2D eigenvalue weighted by atomic mass is 32.2. The number of rotatable bonds is 4. The molecule has 1 radical (unpaired) electrons. The first-order valence-corrected chi connectivity index (χ1v) is 9.45. The van der Waals surface area contributed by atoms with Crippen LogP contribution >= 0.6 is 11.8 Å². The lowest BCUT2D eigenvalue weighted by Gasteiger charge is -2.39. The molecule has 0 saturated carbocycles. The van der Waals surface area contributed by atoms with E-state index in [1.807, 2.05) is 11.2 Å². The molecule has 1 atom stereocenters. The molecular formula is C16H28N3O2S. The third kappa shape index (κ3) is 4.38. The van der Waals surface area contributed by atoms with E-state index in [0.717, 1.165) is 25.0 Å². The van der Waals surface area contributed by atoms with Crippen LogP contribution in [0.15, 0.2) is 0 Å². The van der Waals surface area contributed by atoms with E-state index in [4.69, 9.17) is 0 Å². The Morgan fingerprint density at radius 2 is 2.05 bits per heavy atom. The van der Waals surface area contributed by atoms with Crippen molar-refractivity contribution in [1.29, 1.82) is 0 Å². The Balaban J connectivity index is 1.87. The number of likely N-dealkylation sites (tertiary alicyclic amines) is 1. The van der Waals surface area contributed by atoms with Gasteiger partial charge in [-0.15, -0.1) is 0 Å². The maximum atomic E-state index is 12.3. The normalized spacial score (nSPS) is 24.6. The summed E-state index contributed by atoms with van der Waals surface area (Å²) in [6, 6.07) is -0.135. The van der Waals surface area contributed by atoms with Crippen LogP contribution in [-0.4, -0.2) is 53.5 Å². The van der Waals surface area contributed by atoms with Gasteiger partial charge in [-0.1, -0.05) is 20.8 Å². The van der Waals surface area contributed by atoms with Crippen molar-refractivity contribution < 1.29 is 9.59 Å². The molecule has 0 aromatic heterocycles. The number of amides is 2. The molecule has 2 rings (SSSR count). The summed E-state index contributed by atoms with van der Waals surface area (Å²) in [5.74, 6) is 1.17. The summed E-state index contributed by atoms with van der Waals surface area (Å²) in [5, 5.41) is 7.82. The van der Waals surface area contributed by atoms with Crippen LogP contribution in [0.4, 0.5) is 0 Å². The smallest absolute Gasteiger partial charge is 0.260 e. The summed E-state index contributed by atoms with van der Waals surface area (Å²) in [4.78, 5) is 26.3. The van der Waals surface area contributed by atoms with Crippen molar-refractivity contribution in [2.45, 2.75) is 58.2 Å². The van der Waals surface area contributed by atoms with E-state index in [2.05, 4.69) is 31.4 Å². The maximum absolute atomic E-state index is 12.3. The van der Waals surface area contributed by atoms with Gasteiger partial charge in [0, 0.05) is 32.4 Å². The van der Waals surface area contributed by atoms with Gasteiger partial charge in [-0.25, -0.2) is 5.32 Å². The molecular weight excluding hydrogens is 298 g/mol. The van der Waals surface area contributed by atoms with Crippen LogP contribution in [0.2, 0.25) is 0 Å². The average molecular weight is 326 g/mol. The van der Waals surface area contributed by atoms with Crippen molar-refractivity contribution in [3.05, 3.63) is 0 Å². The molecule has 2 fully saturated rings. The van der Waals surface area contributed by atoms with Crippen LogP contribution in [0.3, 0.4) is 0 Å². The molecule has 1 unspecified atom stereocenters. The summed E-state index contributed by atoms with van der Waals surface area (Å²) in [7, 11) is 0. The molecule has 0 aromatic rings. The fourth-order valence-corrected chi connectivity index (χ4v) is 3.56. The second-order valence-electron chi connectivity index (χ2n) is 7.58. The molecule has 22 heavy (non-hydrogen) atoms. The first kappa shape index (κ1) is 17.6. The van der Waals surface area contributed by atoms with E-state index in [1.165, 1.54) is 0 Å². The summed E-state index contributed by atoms with van der Waals surface area (Å²) in [6.45, 7) is 7.62. The number of carbonyl (C=O) groups is 2.